The first-order valence-electron chi connectivity index (χ1n) is 11.9. The van der Waals surface area contributed by atoms with E-state index in [4.69, 9.17) is 4.42 Å². The number of pyridine rings is 1. The first-order chi connectivity index (χ1) is 18.1. The molecule has 2 N–H and O–H groups in total. The summed E-state index contributed by atoms with van der Waals surface area (Å²) >= 11 is 0. The quantitative estimate of drug-likeness (QED) is 0.353. The van der Waals surface area contributed by atoms with Crippen molar-refractivity contribution in [3.05, 3.63) is 83.4 Å². The molecule has 2 aromatic carbocycles. The van der Waals surface area contributed by atoms with Gasteiger partial charge in [0.2, 0.25) is 5.76 Å². The SMILES string of the molecule is CN(C)c1ncc(C(=O)NC2(c3ccc(NC(=O)c4cc(C(F)(F)F)nc5ccccc45)cc3)CCC2)o1. The second-order valence-electron chi connectivity index (χ2n) is 9.39. The van der Waals surface area contributed by atoms with Gasteiger partial charge in [0, 0.05) is 25.2 Å². The molecule has 1 aliphatic carbocycles. The van der Waals surface area contributed by atoms with Crippen LogP contribution in [0.15, 0.2) is 65.2 Å². The van der Waals surface area contributed by atoms with Crippen LogP contribution >= 0.6 is 0 Å². The van der Waals surface area contributed by atoms with Gasteiger partial charge >= 0.3 is 6.18 Å². The third-order valence-corrected chi connectivity index (χ3v) is 6.61. The number of carbonyl (C=O) groups excluding carboxylic acids is 2. The predicted octanol–water partition coefficient (Wildman–Crippen LogP) is 5.37. The Hall–Kier alpha value is -4.41. The van der Waals surface area contributed by atoms with E-state index < -0.39 is 23.3 Å². The summed E-state index contributed by atoms with van der Waals surface area (Å²) in [6, 6.07) is 14.2. The van der Waals surface area contributed by atoms with Crippen molar-refractivity contribution in [1.29, 1.82) is 0 Å². The molecule has 2 amide bonds. The summed E-state index contributed by atoms with van der Waals surface area (Å²) in [6.45, 7) is 0. The van der Waals surface area contributed by atoms with Gasteiger partial charge < -0.3 is 20.0 Å². The highest BCUT2D eigenvalue weighted by molar-refractivity contribution is 6.12. The summed E-state index contributed by atoms with van der Waals surface area (Å²) in [4.78, 5) is 35.2. The molecule has 1 fully saturated rings. The fourth-order valence-corrected chi connectivity index (χ4v) is 4.45. The first kappa shape index (κ1) is 25.2. The number of aromatic nitrogens is 2. The predicted molar refractivity (Wildman–Crippen MR) is 135 cm³/mol. The lowest BCUT2D eigenvalue weighted by atomic mass is 9.71. The number of anilines is 2. The highest BCUT2D eigenvalue weighted by Gasteiger charge is 2.41. The molecule has 0 bridgehead atoms. The lowest BCUT2D eigenvalue weighted by Gasteiger charge is -2.43. The number of halogens is 3. The number of oxazole rings is 1. The van der Waals surface area contributed by atoms with Crippen molar-refractivity contribution in [3.8, 4) is 0 Å². The van der Waals surface area contributed by atoms with E-state index in [9.17, 15) is 22.8 Å². The number of carbonyl (C=O) groups is 2. The highest BCUT2D eigenvalue weighted by atomic mass is 19.4. The number of alkyl halides is 3. The lowest BCUT2D eigenvalue weighted by molar-refractivity contribution is -0.141. The van der Waals surface area contributed by atoms with Crippen molar-refractivity contribution in [2.24, 2.45) is 0 Å². The van der Waals surface area contributed by atoms with Gasteiger partial charge in [-0.25, -0.2) is 9.97 Å². The number of rotatable bonds is 6. The molecule has 0 radical (unpaired) electrons. The van der Waals surface area contributed by atoms with Crippen LogP contribution in [0.3, 0.4) is 0 Å². The second kappa shape index (κ2) is 9.47. The van der Waals surface area contributed by atoms with Crippen LogP contribution in [0.1, 0.15) is 51.4 Å². The van der Waals surface area contributed by atoms with Crippen LogP contribution in [0.5, 0.6) is 0 Å². The van der Waals surface area contributed by atoms with Gasteiger partial charge in [-0.1, -0.05) is 30.3 Å². The molecule has 0 spiro atoms. The molecule has 2 heterocycles. The zero-order chi connectivity index (χ0) is 27.1. The zero-order valence-electron chi connectivity index (χ0n) is 20.6. The molecule has 1 aliphatic rings. The van der Waals surface area contributed by atoms with Gasteiger partial charge in [0.1, 0.15) is 5.69 Å². The number of para-hydroxylation sites is 1. The van der Waals surface area contributed by atoms with Crippen molar-refractivity contribution in [2.45, 2.75) is 31.0 Å². The van der Waals surface area contributed by atoms with Crippen LogP contribution in [0.25, 0.3) is 10.9 Å². The first-order valence-corrected chi connectivity index (χ1v) is 11.9. The number of nitrogens with one attached hydrogen (secondary N) is 2. The van der Waals surface area contributed by atoms with Crippen molar-refractivity contribution in [1.82, 2.24) is 15.3 Å². The minimum atomic E-state index is -4.69. The highest BCUT2D eigenvalue weighted by Crippen LogP contribution is 2.42. The number of nitrogens with zero attached hydrogens (tertiary/aromatic N) is 3. The van der Waals surface area contributed by atoms with Crippen LogP contribution < -0.4 is 15.5 Å². The third-order valence-electron chi connectivity index (χ3n) is 6.61. The van der Waals surface area contributed by atoms with Gasteiger partial charge in [0.25, 0.3) is 17.8 Å². The van der Waals surface area contributed by atoms with E-state index in [0.717, 1.165) is 30.9 Å². The normalized spacial score (nSPS) is 14.6. The Morgan fingerprint density at radius 3 is 2.34 bits per heavy atom. The van der Waals surface area contributed by atoms with E-state index in [1.165, 1.54) is 12.3 Å². The Morgan fingerprint density at radius 2 is 1.74 bits per heavy atom. The molecule has 0 saturated heterocycles. The molecular formula is C27H24F3N5O3. The van der Waals surface area contributed by atoms with Crippen molar-refractivity contribution >= 4 is 34.4 Å². The fourth-order valence-electron chi connectivity index (χ4n) is 4.45. The molecule has 0 aliphatic heterocycles. The zero-order valence-corrected chi connectivity index (χ0v) is 20.6. The Bertz CT molecular complexity index is 1510. The van der Waals surface area contributed by atoms with Crippen LogP contribution in [-0.4, -0.2) is 35.9 Å². The Kier molecular flexibility index (Phi) is 6.29. The number of benzene rings is 2. The molecule has 0 unspecified atom stereocenters. The standard InChI is InChI=1S/C27H24F3N5O3/c1-35(2)25-31-15-21(38-25)24(37)34-26(12-5-13-26)16-8-10-17(11-9-16)32-23(36)19-14-22(27(28,29)30)33-20-7-4-3-6-18(19)20/h3-4,6-11,14-15H,5,12-13H2,1-2H3,(H,32,36)(H,34,37). The summed E-state index contributed by atoms with van der Waals surface area (Å²) < 4.78 is 45.6. The molecule has 4 aromatic rings. The molecule has 5 rings (SSSR count). The maximum Gasteiger partial charge on any atom is 0.433 e. The minimum Gasteiger partial charge on any atom is -0.418 e. The average Bonchev–Trinajstić information content (AvgIpc) is 3.36. The molecule has 2 aromatic heterocycles. The molecule has 0 atom stereocenters. The largest absolute Gasteiger partial charge is 0.433 e. The van der Waals surface area contributed by atoms with Crippen molar-refractivity contribution in [2.75, 3.05) is 24.3 Å². The number of hydrogen-bond donors (Lipinski definition) is 2. The Balaban J connectivity index is 1.35. The summed E-state index contributed by atoms with van der Waals surface area (Å²) in [7, 11) is 3.52. The smallest absolute Gasteiger partial charge is 0.418 e. The van der Waals surface area contributed by atoms with Gasteiger partial charge in [-0.05, 0) is 49.1 Å². The van der Waals surface area contributed by atoms with E-state index in [-0.39, 0.29) is 22.7 Å². The van der Waals surface area contributed by atoms with Crippen molar-refractivity contribution < 1.29 is 27.2 Å². The second-order valence-corrected chi connectivity index (χ2v) is 9.39. The fraction of sp³-hybridized carbons (Fsp3) is 0.259. The monoisotopic (exact) mass is 523 g/mol. The summed E-state index contributed by atoms with van der Waals surface area (Å²) in [5.41, 5.74) is -0.526. The van der Waals surface area contributed by atoms with Gasteiger partial charge in [0.15, 0.2) is 0 Å². The average molecular weight is 524 g/mol. The summed E-state index contributed by atoms with van der Waals surface area (Å²) in [6.07, 6.45) is -0.940. The lowest BCUT2D eigenvalue weighted by Crippen LogP contribution is -2.50. The van der Waals surface area contributed by atoms with E-state index in [0.29, 0.717) is 17.1 Å². The van der Waals surface area contributed by atoms with E-state index in [2.05, 4.69) is 20.6 Å². The number of amides is 2. The number of fused-ring (bicyclic) bond motifs is 1. The molecular weight excluding hydrogens is 499 g/mol. The van der Waals surface area contributed by atoms with Gasteiger partial charge in [-0.2, -0.15) is 13.2 Å². The van der Waals surface area contributed by atoms with Crippen LogP contribution in [0.4, 0.5) is 24.9 Å². The van der Waals surface area contributed by atoms with Crippen molar-refractivity contribution in [3.63, 3.8) is 0 Å². The van der Waals surface area contributed by atoms with E-state index in [1.54, 1.807) is 61.5 Å². The Morgan fingerprint density at radius 1 is 1.03 bits per heavy atom. The molecule has 196 valence electrons. The summed E-state index contributed by atoms with van der Waals surface area (Å²) in [5.74, 6) is -0.963. The maximum atomic E-state index is 13.4. The van der Waals surface area contributed by atoms with Gasteiger partial charge in [-0.15, -0.1) is 0 Å². The van der Waals surface area contributed by atoms with Crippen LogP contribution in [-0.2, 0) is 11.7 Å². The van der Waals surface area contributed by atoms with Gasteiger partial charge in [-0.3, -0.25) is 9.59 Å². The Labute approximate surface area is 215 Å². The third kappa shape index (κ3) is 4.79. The minimum absolute atomic E-state index is 0.0787. The summed E-state index contributed by atoms with van der Waals surface area (Å²) in [5, 5.41) is 6.04. The molecule has 38 heavy (non-hydrogen) atoms. The van der Waals surface area contributed by atoms with Gasteiger partial charge in [0.05, 0.1) is 22.8 Å². The molecule has 11 heteroatoms. The molecule has 1 saturated carbocycles. The van der Waals surface area contributed by atoms with Crippen LogP contribution in [0.2, 0.25) is 0 Å². The molecule has 8 nitrogen and oxygen atoms in total. The maximum absolute atomic E-state index is 13.4. The number of hydrogen-bond acceptors (Lipinski definition) is 6. The van der Waals surface area contributed by atoms with E-state index in [1.807, 2.05) is 0 Å². The van der Waals surface area contributed by atoms with Crippen LogP contribution in [0, 0.1) is 0 Å². The van der Waals surface area contributed by atoms with E-state index >= 15 is 0 Å². The topological polar surface area (TPSA) is 100 Å².